The molecule has 1 heterocycles. The van der Waals surface area contributed by atoms with Gasteiger partial charge in [-0.2, -0.15) is 0 Å². The van der Waals surface area contributed by atoms with Crippen LogP contribution in [0.5, 0.6) is 5.75 Å². The average molecular weight is 395 g/mol. The number of likely N-dealkylation sites (tertiary alicyclic amines) is 1. The van der Waals surface area contributed by atoms with Crippen molar-refractivity contribution in [2.75, 3.05) is 19.6 Å². The number of hydrogen-bond acceptors (Lipinski definition) is 1. The minimum absolute atomic E-state index is 0.279. The zero-order chi connectivity index (χ0) is 20.5. The first-order valence-corrected chi connectivity index (χ1v) is 11.7. The summed E-state index contributed by atoms with van der Waals surface area (Å²) in [5.74, 6) is 1.08. The molecular formula is C27H40NO+. The molecule has 158 valence electrons. The van der Waals surface area contributed by atoms with Gasteiger partial charge in [0, 0.05) is 5.56 Å². The Balaban J connectivity index is 1.51. The van der Waals surface area contributed by atoms with Gasteiger partial charge in [0.25, 0.3) is 0 Å². The van der Waals surface area contributed by atoms with Crippen molar-refractivity contribution in [2.24, 2.45) is 0 Å². The highest BCUT2D eigenvalue weighted by molar-refractivity contribution is 5.39. The Hall–Kier alpha value is -1.80. The summed E-state index contributed by atoms with van der Waals surface area (Å²) in [5, 5.41) is 0. The average Bonchev–Trinajstić information content (AvgIpc) is 2.95. The third-order valence-corrected chi connectivity index (χ3v) is 6.60. The second kappa shape index (κ2) is 10.8. The van der Waals surface area contributed by atoms with Crippen LogP contribution >= 0.6 is 0 Å². The van der Waals surface area contributed by atoms with E-state index in [1.54, 1.807) is 0 Å². The van der Waals surface area contributed by atoms with Crippen molar-refractivity contribution < 1.29 is 9.22 Å². The Bertz CT molecular complexity index is 711. The molecule has 2 nitrogen and oxygen atoms in total. The molecule has 0 aromatic heterocycles. The van der Waals surface area contributed by atoms with E-state index in [4.69, 9.17) is 4.74 Å². The molecule has 0 saturated carbocycles. The molecule has 0 spiro atoms. The predicted molar refractivity (Wildman–Crippen MR) is 123 cm³/mol. The maximum atomic E-state index is 6.30. The summed E-state index contributed by atoms with van der Waals surface area (Å²) in [6.45, 7) is 11.7. The Morgan fingerprint density at radius 3 is 2.14 bits per heavy atom. The summed E-state index contributed by atoms with van der Waals surface area (Å²) >= 11 is 0. The Labute approximate surface area is 178 Å². The smallest absolute Gasteiger partial charge is 0.125 e. The van der Waals surface area contributed by atoms with Crippen molar-refractivity contribution >= 4 is 0 Å². The van der Waals surface area contributed by atoms with E-state index >= 15 is 0 Å². The first-order valence-electron chi connectivity index (χ1n) is 11.7. The number of para-hydroxylation sites is 1. The lowest BCUT2D eigenvalue weighted by Crippen LogP contribution is -2.48. The van der Waals surface area contributed by atoms with Gasteiger partial charge in [-0.3, -0.25) is 0 Å². The summed E-state index contributed by atoms with van der Waals surface area (Å²) in [4.78, 5) is 0. The number of hydrogen-bond donors (Lipinski definition) is 0. The van der Waals surface area contributed by atoms with E-state index < -0.39 is 0 Å². The summed E-state index contributed by atoms with van der Waals surface area (Å²) < 4.78 is 7.59. The number of benzene rings is 2. The fourth-order valence-electron chi connectivity index (χ4n) is 4.92. The van der Waals surface area contributed by atoms with E-state index in [-0.39, 0.29) is 6.10 Å². The van der Waals surface area contributed by atoms with Gasteiger partial charge in [-0.1, -0.05) is 48.5 Å². The van der Waals surface area contributed by atoms with E-state index in [2.05, 4.69) is 69.3 Å². The molecule has 0 bridgehead atoms. The Kier molecular flexibility index (Phi) is 8.18. The van der Waals surface area contributed by atoms with Gasteiger partial charge in [0.15, 0.2) is 0 Å². The largest absolute Gasteiger partial charge is 0.490 e. The lowest BCUT2D eigenvalue weighted by atomic mass is 10.1. The third kappa shape index (κ3) is 6.60. The highest BCUT2D eigenvalue weighted by Crippen LogP contribution is 2.26. The van der Waals surface area contributed by atoms with Crippen molar-refractivity contribution in [1.29, 1.82) is 0 Å². The van der Waals surface area contributed by atoms with E-state index in [1.807, 2.05) is 0 Å². The molecular weight excluding hydrogens is 354 g/mol. The number of rotatable bonds is 9. The number of aryl methyl sites for hydroxylation is 2. The SMILES string of the molecule is Cc1cccc(C)c1OC(C)CCCC[N+]1(Cc2ccccc2)CCCCCC1. The quantitative estimate of drug-likeness (QED) is 0.334. The van der Waals surface area contributed by atoms with Crippen LogP contribution < -0.4 is 4.74 Å². The first kappa shape index (κ1) is 21.9. The normalized spacial score (nSPS) is 17.5. The van der Waals surface area contributed by atoms with Gasteiger partial charge in [-0.05, 0) is 76.8 Å². The van der Waals surface area contributed by atoms with E-state index in [0.717, 1.165) is 12.2 Å². The summed E-state index contributed by atoms with van der Waals surface area (Å²) in [6.07, 6.45) is 9.57. The van der Waals surface area contributed by atoms with Crippen LogP contribution in [0.2, 0.25) is 0 Å². The number of quaternary nitrogens is 1. The molecule has 0 N–H and O–H groups in total. The maximum Gasteiger partial charge on any atom is 0.125 e. The second-order valence-corrected chi connectivity index (χ2v) is 9.22. The van der Waals surface area contributed by atoms with Crippen LogP contribution in [0.25, 0.3) is 0 Å². The van der Waals surface area contributed by atoms with Gasteiger partial charge in [0.2, 0.25) is 0 Å². The minimum Gasteiger partial charge on any atom is -0.490 e. The van der Waals surface area contributed by atoms with Gasteiger partial charge in [-0.25, -0.2) is 0 Å². The van der Waals surface area contributed by atoms with Crippen molar-refractivity contribution in [2.45, 2.75) is 78.4 Å². The van der Waals surface area contributed by atoms with Crippen molar-refractivity contribution in [3.05, 3.63) is 65.2 Å². The van der Waals surface area contributed by atoms with Crippen LogP contribution in [0, 0.1) is 13.8 Å². The van der Waals surface area contributed by atoms with E-state index in [9.17, 15) is 0 Å². The molecule has 1 atom stereocenters. The molecule has 1 aliphatic heterocycles. The summed E-state index contributed by atoms with van der Waals surface area (Å²) in [5.41, 5.74) is 3.99. The third-order valence-electron chi connectivity index (χ3n) is 6.60. The standard InChI is InChI=1S/C27H40NO/c1-23-14-13-15-24(2)27(23)29-25(3)16-9-12-21-28(19-10-4-5-11-20-28)22-26-17-7-6-8-18-26/h6-8,13-15,17-18,25H,4-5,9-12,16,19-22H2,1-3H3/q+1. The monoisotopic (exact) mass is 394 g/mol. The van der Waals surface area contributed by atoms with Crippen molar-refractivity contribution in [1.82, 2.24) is 0 Å². The van der Waals surface area contributed by atoms with Crippen LogP contribution in [0.1, 0.15) is 68.6 Å². The lowest BCUT2D eigenvalue weighted by molar-refractivity contribution is -0.940. The van der Waals surface area contributed by atoms with Gasteiger partial charge in [-0.15, -0.1) is 0 Å². The minimum atomic E-state index is 0.279. The van der Waals surface area contributed by atoms with Gasteiger partial charge < -0.3 is 9.22 Å². The van der Waals surface area contributed by atoms with Crippen LogP contribution in [-0.4, -0.2) is 30.2 Å². The fraction of sp³-hybridized carbons (Fsp3) is 0.556. The van der Waals surface area contributed by atoms with Crippen molar-refractivity contribution in [3.63, 3.8) is 0 Å². The second-order valence-electron chi connectivity index (χ2n) is 9.22. The van der Waals surface area contributed by atoms with Crippen LogP contribution in [0.3, 0.4) is 0 Å². The topological polar surface area (TPSA) is 9.23 Å². The molecule has 0 radical (unpaired) electrons. The van der Waals surface area contributed by atoms with Gasteiger partial charge >= 0.3 is 0 Å². The molecule has 2 heteroatoms. The highest BCUT2D eigenvalue weighted by Gasteiger charge is 2.28. The maximum absolute atomic E-state index is 6.30. The molecule has 1 unspecified atom stereocenters. The highest BCUT2D eigenvalue weighted by atomic mass is 16.5. The number of nitrogens with zero attached hydrogens (tertiary/aromatic N) is 1. The predicted octanol–water partition coefficient (Wildman–Crippen LogP) is 6.83. The molecule has 1 aliphatic rings. The summed E-state index contributed by atoms with van der Waals surface area (Å²) in [6, 6.07) is 17.5. The molecule has 29 heavy (non-hydrogen) atoms. The van der Waals surface area contributed by atoms with Crippen LogP contribution in [-0.2, 0) is 6.54 Å². The van der Waals surface area contributed by atoms with Crippen molar-refractivity contribution in [3.8, 4) is 5.75 Å². The van der Waals surface area contributed by atoms with Gasteiger partial charge in [0.05, 0.1) is 25.7 Å². The lowest BCUT2D eigenvalue weighted by Gasteiger charge is -2.38. The molecule has 0 aliphatic carbocycles. The fourth-order valence-corrected chi connectivity index (χ4v) is 4.92. The number of ether oxygens (including phenoxy) is 1. The Morgan fingerprint density at radius 1 is 0.828 bits per heavy atom. The number of unbranched alkanes of at least 4 members (excludes halogenated alkanes) is 1. The van der Waals surface area contributed by atoms with Crippen LogP contribution in [0.4, 0.5) is 0 Å². The molecule has 3 rings (SSSR count). The molecule has 2 aromatic carbocycles. The van der Waals surface area contributed by atoms with Crippen LogP contribution in [0.15, 0.2) is 48.5 Å². The molecule has 1 saturated heterocycles. The molecule has 1 fully saturated rings. The first-order chi connectivity index (χ1) is 14.1. The zero-order valence-corrected chi connectivity index (χ0v) is 18.8. The zero-order valence-electron chi connectivity index (χ0n) is 18.8. The molecule has 2 aromatic rings. The molecule has 0 amide bonds. The van der Waals surface area contributed by atoms with Gasteiger partial charge in [0.1, 0.15) is 12.3 Å². The van der Waals surface area contributed by atoms with E-state index in [1.165, 1.54) is 85.9 Å². The summed E-state index contributed by atoms with van der Waals surface area (Å²) in [7, 11) is 0. The van der Waals surface area contributed by atoms with E-state index in [0.29, 0.717) is 0 Å². The Morgan fingerprint density at radius 2 is 1.48 bits per heavy atom.